The zero-order chi connectivity index (χ0) is 26.3. The Morgan fingerprint density at radius 1 is 0.946 bits per heavy atom. The third-order valence-corrected chi connectivity index (χ3v) is 6.93. The molecule has 4 aromatic rings. The predicted molar refractivity (Wildman–Crippen MR) is 143 cm³/mol. The standard InChI is InChI=1S/C28H31FN6O2/c1-28(2,3)34-11-9-33(10-12-34)21-7-5-6-19(14-21)22-15-20(29)16-23(26(22)36)24-17-31-25(18-30-24)35-13-8-32(4)27(35)37/h5-8,13-18,36H,9-12H2,1-4H3. The van der Waals surface area contributed by atoms with Gasteiger partial charge in [-0.25, -0.2) is 14.2 Å². The summed E-state index contributed by atoms with van der Waals surface area (Å²) >= 11 is 0. The number of hydrogen-bond donors (Lipinski definition) is 1. The molecule has 1 aliphatic rings. The van der Waals surface area contributed by atoms with Gasteiger partial charge in [-0.3, -0.25) is 14.5 Å². The van der Waals surface area contributed by atoms with Crippen LogP contribution in [0, 0.1) is 5.82 Å². The van der Waals surface area contributed by atoms with Crippen LogP contribution in [0.3, 0.4) is 0 Å². The third-order valence-electron chi connectivity index (χ3n) is 6.93. The number of aryl methyl sites for hydroxylation is 1. The van der Waals surface area contributed by atoms with Crippen LogP contribution in [0.25, 0.3) is 28.2 Å². The van der Waals surface area contributed by atoms with Crippen molar-refractivity contribution in [2.24, 2.45) is 7.05 Å². The van der Waals surface area contributed by atoms with Gasteiger partial charge in [0.25, 0.3) is 0 Å². The zero-order valence-electron chi connectivity index (χ0n) is 21.5. The zero-order valence-corrected chi connectivity index (χ0v) is 21.5. The molecule has 192 valence electrons. The summed E-state index contributed by atoms with van der Waals surface area (Å²) in [6, 6.07) is 10.4. The highest BCUT2D eigenvalue weighted by molar-refractivity contribution is 5.82. The monoisotopic (exact) mass is 502 g/mol. The third kappa shape index (κ3) is 4.86. The molecule has 37 heavy (non-hydrogen) atoms. The quantitative estimate of drug-likeness (QED) is 0.453. The van der Waals surface area contributed by atoms with Gasteiger partial charge < -0.3 is 14.6 Å². The number of benzene rings is 2. The summed E-state index contributed by atoms with van der Waals surface area (Å²) < 4.78 is 17.6. The Morgan fingerprint density at radius 2 is 1.68 bits per heavy atom. The highest BCUT2D eigenvalue weighted by Crippen LogP contribution is 2.39. The SMILES string of the molecule is Cn1ccn(-c2cnc(-c3cc(F)cc(-c4cccc(N5CCN(C(C)(C)C)CC5)c4)c3O)cn2)c1=O. The number of phenols is 1. The minimum atomic E-state index is -0.489. The molecule has 0 aliphatic carbocycles. The summed E-state index contributed by atoms with van der Waals surface area (Å²) in [7, 11) is 1.65. The molecule has 0 radical (unpaired) electrons. The second kappa shape index (κ2) is 9.48. The number of imidazole rings is 1. The summed E-state index contributed by atoms with van der Waals surface area (Å²) in [5.74, 6) is -0.225. The van der Waals surface area contributed by atoms with Crippen molar-refractivity contribution < 1.29 is 9.50 Å². The second-order valence-corrected chi connectivity index (χ2v) is 10.4. The molecular formula is C28H31FN6O2. The molecule has 0 atom stereocenters. The number of hydrogen-bond acceptors (Lipinski definition) is 6. The van der Waals surface area contributed by atoms with E-state index in [1.165, 1.54) is 33.7 Å². The van der Waals surface area contributed by atoms with Crippen LogP contribution in [0.2, 0.25) is 0 Å². The molecule has 0 saturated carbocycles. The Labute approximate surface area is 215 Å². The first-order valence-electron chi connectivity index (χ1n) is 12.3. The summed E-state index contributed by atoms with van der Waals surface area (Å²) in [5.41, 5.74) is 2.56. The van der Waals surface area contributed by atoms with Crippen LogP contribution in [0.5, 0.6) is 5.75 Å². The van der Waals surface area contributed by atoms with Gasteiger partial charge in [0.1, 0.15) is 11.6 Å². The van der Waals surface area contributed by atoms with Gasteiger partial charge in [-0.2, -0.15) is 0 Å². The Hall–Kier alpha value is -3.98. The van der Waals surface area contributed by atoms with Crippen LogP contribution in [-0.2, 0) is 7.05 Å². The van der Waals surface area contributed by atoms with Crippen molar-refractivity contribution in [1.29, 1.82) is 0 Å². The molecular weight excluding hydrogens is 471 g/mol. The highest BCUT2D eigenvalue weighted by atomic mass is 19.1. The van der Waals surface area contributed by atoms with E-state index in [0.717, 1.165) is 37.4 Å². The van der Waals surface area contributed by atoms with Gasteiger partial charge in [-0.1, -0.05) is 12.1 Å². The lowest BCUT2D eigenvalue weighted by Crippen LogP contribution is -2.53. The van der Waals surface area contributed by atoms with Crippen molar-refractivity contribution in [3.63, 3.8) is 0 Å². The van der Waals surface area contributed by atoms with Gasteiger partial charge in [0.05, 0.1) is 18.1 Å². The Bertz CT molecular complexity index is 1480. The average molecular weight is 503 g/mol. The molecule has 1 N–H and O–H groups in total. The van der Waals surface area contributed by atoms with Crippen molar-refractivity contribution in [2.45, 2.75) is 26.3 Å². The predicted octanol–water partition coefficient (Wildman–Crippen LogP) is 4.07. The lowest BCUT2D eigenvalue weighted by molar-refractivity contribution is 0.128. The van der Waals surface area contributed by atoms with Crippen molar-refractivity contribution in [1.82, 2.24) is 24.0 Å². The van der Waals surface area contributed by atoms with E-state index in [-0.39, 0.29) is 22.5 Å². The smallest absolute Gasteiger partial charge is 0.333 e. The van der Waals surface area contributed by atoms with Crippen LogP contribution in [0.15, 0.2) is 66.0 Å². The number of nitrogens with zero attached hydrogens (tertiary/aromatic N) is 6. The molecule has 0 spiro atoms. The minimum Gasteiger partial charge on any atom is -0.507 e. The summed E-state index contributed by atoms with van der Waals surface area (Å²) in [5, 5.41) is 11.2. The van der Waals surface area contributed by atoms with Gasteiger partial charge in [0, 0.05) is 68.0 Å². The highest BCUT2D eigenvalue weighted by Gasteiger charge is 2.26. The van der Waals surface area contributed by atoms with Crippen molar-refractivity contribution in [3.8, 4) is 34.0 Å². The number of aromatic nitrogens is 4. The Balaban J connectivity index is 1.44. The fraction of sp³-hybridized carbons (Fsp3) is 0.321. The lowest BCUT2D eigenvalue weighted by atomic mass is 9.98. The fourth-order valence-electron chi connectivity index (χ4n) is 4.74. The van der Waals surface area contributed by atoms with E-state index >= 15 is 0 Å². The van der Waals surface area contributed by atoms with Crippen LogP contribution in [0.1, 0.15) is 20.8 Å². The van der Waals surface area contributed by atoms with Gasteiger partial charge in [-0.05, 0) is 50.6 Å². The maximum absolute atomic E-state index is 14.8. The number of phenolic OH excluding ortho intramolecular Hbond substituents is 1. The largest absolute Gasteiger partial charge is 0.507 e. The van der Waals surface area contributed by atoms with E-state index in [9.17, 15) is 14.3 Å². The first-order chi connectivity index (χ1) is 17.6. The lowest BCUT2D eigenvalue weighted by Gasteiger charge is -2.43. The normalized spacial score (nSPS) is 14.8. The molecule has 2 aromatic carbocycles. The molecule has 2 aromatic heterocycles. The van der Waals surface area contributed by atoms with Gasteiger partial charge in [0.2, 0.25) is 0 Å². The summed E-state index contributed by atoms with van der Waals surface area (Å²) in [6.07, 6.45) is 6.08. The second-order valence-electron chi connectivity index (χ2n) is 10.4. The van der Waals surface area contributed by atoms with E-state index in [2.05, 4.69) is 40.5 Å². The topological polar surface area (TPSA) is 79.4 Å². The molecule has 5 rings (SSSR count). The number of aromatic hydroxyl groups is 1. The molecule has 0 bridgehead atoms. The van der Waals surface area contributed by atoms with E-state index < -0.39 is 5.82 Å². The summed E-state index contributed by atoms with van der Waals surface area (Å²) in [6.45, 7) is 10.4. The Kier molecular flexibility index (Phi) is 6.33. The maximum Gasteiger partial charge on any atom is 0.333 e. The van der Waals surface area contributed by atoms with Crippen molar-refractivity contribution >= 4 is 5.69 Å². The molecule has 9 heteroatoms. The van der Waals surface area contributed by atoms with Gasteiger partial charge >= 0.3 is 5.69 Å². The van der Waals surface area contributed by atoms with Gasteiger partial charge in [-0.15, -0.1) is 0 Å². The number of rotatable bonds is 4. The Morgan fingerprint density at radius 3 is 2.30 bits per heavy atom. The molecule has 1 aliphatic heterocycles. The molecule has 0 unspecified atom stereocenters. The van der Waals surface area contributed by atoms with Crippen LogP contribution >= 0.6 is 0 Å². The molecule has 1 fully saturated rings. The van der Waals surface area contributed by atoms with E-state index in [1.807, 2.05) is 24.3 Å². The first kappa shape index (κ1) is 24.7. The minimum absolute atomic E-state index is 0.0740. The first-order valence-corrected chi connectivity index (χ1v) is 12.3. The van der Waals surface area contributed by atoms with E-state index in [4.69, 9.17) is 0 Å². The summed E-state index contributed by atoms with van der Waals surface area (Å²) in [4.78, 5) is 25.7. The van der Waals surface area contributed by atoms with Crippen LogP contribution < -0.4 is 10.6 Å². The van der Waals surface area contributed by atoms with Gasteiger partial charge in [0.15, 0.2) is 5.82 Å². The number of anilines is 1. The molecule has 3 heterocycles. The van der Waals surface area contributed by atoms with Crippen LogP contribution in [-0.4, -0.2) is 60.8 Å². The molecule has 8 nitrogen and oxygen atoms in total. The fourth-order valence-corrected chi connectivity index (χ4v) is 4.74. The van der Waals surface area contributed by atoms with Crippen LogP contribution in [0.4, 0.5) is 10.1 Å². The molecule has 0 amide bonds. The average Bonchev–Trinajstić information content (AvgIpc) is 3.23. The number of halogens is 1. The van der Waals surface area contributed by atoms with Crippen molar-refractivity contribution in [3.05, 3.63) is 77.5 Å². The van der Waals surface area contributed by atoms with E-state index in [1.54, 1.807) is 19.4 Å². The molecule has 1 saturated heterocycles. The maximum atomic E-state index is 14.8. The van der Waals surface area contributed by atoms with E-state index in [0.29, 0.717) is 17.1 Å². The number of piperazine rings is 1. The van der Waals surface area contributed by atoms with Crippen molar-refractivity contribution in [2.75, 3.05) is 31.1 Å².